The van der Waals surface area contributed by atoms with Crippen molar-refractivity contribution in [3.8, 4) is 0 Å². The third-order valence-corrected chi connectivity index (χ3v) is 6.65. The number of aromatic nitrogens is 4. The Morgan fingerprint density at radius 2 is 1.87 bits per heavy atom. The molecule has 2 aliphatic rings. The van der Waals surface area contributed by atoms with E-state index < -0.39 is 0 Å². The van der Waals surface area contributed by atoms with E-state index in [-0.39, 0.29) is 0 Å². The lowest BCUT2D eigenvalue weighted by Gasteiger charge is -2.28. The van der Waals surface area contributed by atoms with Crippen LogP contribution in [0.3, 0.4) is 0 Å². The van der Waals surface area contributed by atoms with Crippen LogP contribution in [0.2, 0.25) is 5.02 Å². The van der Waals surface area contributed by atoms with Crippen LogP contribution in [-0.2, 0) is 4.74 Å². The molecule has 0 amide bonds. The predicted molar refractivity (Wildman–Crippen MR) is 124 cm³/mol. The molecule has 3 aromatic rings. The Balaban J connectivity index is 1.50. The monoisotopic (exact) mass is 440 g/mol. The molecule has 8 heteroatoms. The minimum absolute atomic E-state index is 0.349. The third kappa shape index (κ3) is 4.62. The highest BCUT2D eigenvalue weighted by atomic mass is 35.5. The molecule has 0 unspecified atom stereocenters. The molecule has 0 atom stereocenters. The van der Waals surface area contributed by atoms with E-state index in [1.807, 2.05) is 30.5 Å². The number of fused-ring (bicyclic) bond motifs is 1. The smallest absolute Gasteiger partial charge is 0.224 e. The first-order chi connectivity index (χ1) is 15.2. The van der Waals surface area contributed by atoms with Crippen LogP contribution >= 0.6 is 11.6 Å². The number of ether oxygens (including phenoxy) is 1. The van der Waals surface area contributed by atoms with E-state index >= 15 is 0 Å². The van der Waals surface area contributed by atoms with Crippen LogP contribution in [0.4, 0.5) is 17.6 Å². The van der Waals surface area contributed by atoms with Crippen molar-refractivity contribution in [3.63, 3.8) is 0 Å². The van der Waals surface area contributed by atoms with Gasteiger partial charge in [-0.1, -0.05) is 24.6 Å². The molecular formula is C23H29ClN6O. The van der Waals surface area contributed by atoms with Gasteiger partial charge in [0.25, 0.3) is 0 Å². The molecule has 0 bridgehead atoms. The van der Waals surface area contributed by atoms with Crippen molar-refractivity contribution in [2.45, 2.75) is 57.5 Å². The molecular weight excluding hydrogens is 412 g/mol. The summed E-state index contributed by atoms with van der Waals surface area (Å²) in [5.74, 6) is 2.24. The first kappa shape index (κ1) is 20.5. The topological polar surface area (TPSA) is 76.9 Å². The number of nitrogens with zero attached hydrogens (tertiary/aromatic N) is 4. The van der Waals surface area contributed by atoms with Crippen molar-refractivity contribution < 1.29 is 4.74 Å². The quantitative estimate of drug-likeness (QED) is 0.540. The Morgan fingerprint density at radius 1 is 1.06 bits per heavy atom. The highest BCUT2D eigenvalue weighted by Crippen LogP contribution is 2.37. The third-order valence-electron chi connectivity index (χ3n) is 6.42. The van der Waals surface area contributed by atoms with Crippen molar-refractivity contribution in [2.24, 2.45) is 5.92 Å². The fraction of sp³-hybridized carbons (Fsp3) is 0.522. The molecule has 1 aromatic carbocycles. The normalized spacial score (nSPS) is 22.5. The Morgan fingerprint density at radius 3 is 2.65 bits per heavy atom. The molecule has 1 saturated carbocycles. The van der Waals surface area contributed by atoms with E-state index in [0.29, 0.717) is 23.1 Å². The second kappa shape index (κ2) is 9.01. The average molecular weight is 441 g/mol. The van der Waals surface area contributed by atoms with Crippen LogP contribution < -0.4 is 10.6 Å². The highest BCUT2D eigenvalue weighted by Gasteiger charge is 2.26. The number of imidazole rings is 1. The van der Waals surface area contributed by atoms with Gasteiger partial charge in [-0.3, -0.25) is 4.57 Å². The van der Waals surface area contributed by atoms with Crippen LogP contribution in [0.15, 0.2) is 30.5 Å². The van der Waals surface area contributed by atoms with Gasteiger partial charge in [0.1, 0.15) is 5.52 Å². The fourth-order valence-electron chi connectivity index (χ4n) is 4.61. The lowest BCUT2D eigenvalue weighted by atomic mass is 9.87. The van der Waals surface area contributed by atoms with Gasteiger partial charge in [-0.05, 0) is 62.6 Å². The largest absolute Gasteiger partial charge is 0.381 e. The fourth-order valence-corrected chi connectivity index (χ4v) is 4.81. The summed E-state index contributed by atoms with van der Waals surface area (Å²) in [7, 11) is 0. The summed E-state index contributed by atoms with van der Waals surface area (Å²) in [6, 6.07) is 8.45. The maximum atomic E-state index is 6.20. The number of anilines is 3. The number of halogens is 1. The zero-order chi connectivity index (χ0) is 21.2. The average Bonchev–Trinajstić information content (AvgIpc) is 3.12. The summed E-state index contributed by atoms with van der Waals surface area (Å²) < 4.78 is 7.75. The number of hydrogen-bond donors (Lipinski definition) is 2. The maximum Gasteiger partial charge on any atom is 0.224 e. The summed E-state index contributed by atoms with van der Waals surface area (Å²) in [5.41, 5.74) is 2.61. The molecule has 2 aromatic heterocycles. The molecule has 2 fully saturated rings. The molecule has 3 heterocycles. The van der Waals surface area contributed by atoms with Crippen molar-refractivity contribution in [3.05, 3.63) is 35.5 Å². The van der Waals surface area contributed by atoms with Gasteiger partial charge in [-0.25, -0.2) is 9.97 Å². The van der Waals surface area contributed by atoms with E-state index in [2.05, 4.69) is 27.1 Å². The molecule has 2 N–H and O–H groups in total. The number of hydrogen-bond acceptors (Lipinski definition) is 6. The predicted octanol–water partition coefficient (Wildman–Crippen LogP) is 5.57. The van der Waals surface area contributed by atoms with Gasteiger partial charge in [-0.15, -0.1) is 0 Å². The van der Waals surface area contributed by atoms with Gasteiger partial charge >= 0.3 is 0 Å². The summed E-state index contributed by atoms with van der Waals surface area (Å²) in [6.45, 7) is 3.91. The summed E-state index contributed by atoms with van der Waals surface area (Å²) in [6.07, 6.45) is 8.48. The molecule has 1 aliphatic heterocycles. The maximum absolute atomic E-state index is 6.20. The van der Waals surface area contributed by atoms with Crippen molar-refractivity contribution in [1.82, 2.24) is 19.5 Å². The first-order valence-corrected chi connectivity index (χ1v) is 11.7. The first-order valence-electron chi connectivity index (χ1n) is 11.3. The molecule has 0 spiro atoms. The van der Waals surface area contributed by atoms with Crippen molar-refractivity contribution in [1.29, 1.82) is 0 Å². The number of benzene rings is 1. The van der Waals surface area contributed by atoms with E-state index in [4.69, 9.17) is 26.3 Å². The van der Waals surface area contributed by atoms with Gasteiger partial charge in [-0.2, -0.15) is 4.98 Å². The van der Waals surface area contributed by atoms with Crippen LogP contribution in [0.1, 0.15) is 51.5 Å². The molecule has 1 saturated heterocycles. The minimum Gasteiger partial charge on any atom is -0.381 e. The lowest BCUT2D eigenvalue weighted by Crippen LogP contribution is -2.28. The van der Waals surface area contributed by atoms with Crippen molar-refractivity contribution in [2.75, 3.05) is 23.8 Å². The second-order valence-corrected chi connectivity index (χ2v) is 9.22. The zero-order valence-electron chi connectivity index (χ0n) is 17.9. The van der Waals surface area contributed by atoms with Crippen LogP contribution in [0.25, 0.3) is 11.2 Å². The van der Waals surface area contributed by atoms with E-state index in [9.17, 15) is 0 Å². The molecule has 1 aliphatic carbocycles. The number of rotatable bonds is 5. The van der Waals surface area contributed by atoms with Gasteiger partial charge in [0.15, 0.2) is 5.65 Å². The zero-order valence-corrected chi connectivity index (χ0v) is 18.6. The molecule has 164 valence electrons. The van der Waals surface area contributed by atoms with Crippen LogP contribution in [-0.4, -0.2) is 38.8 Å². The molecule has 0 radical (unpaired) electrons. The second-order valence-electron chi connectivity index (χ2n) is 8.79. The van der Waals surface area contributed by atoms with Gasteiger partial charge < -0.3 is 15.4 Å². The summed E-state index contributed by atoms with van der Waals surface area (Å²) in [5, 5.41) is 7.67. The minimum atomic E-state index is 0.349. The SMILES string of the molecule is C[C@H]1CC[C@@H](n2c(Nc3cccc(Cl)c3)nc3cnc(NC4CCOCC4)nc32)CC1. The Bertz CT molecular complexity index is 1040. The van der Waals surface area contributed by atoms with Crippen LogP contribution in [0, 0.1) is 5.92 Å². The van der Waals surface area contributed by atoms with Gasteiger partial charge in [0.2, 0.25) is 11.9 Å². The summed E-state index contributed by atoms with van der Waals surface area (Å²) in [4.78, 5) is 14.3. The van der Waals surface area contributed by atoms with E-state index in [1.165, 1.54) is 12.8 Å². The standard InChI is InChI=1S/C23H29ClN6O/c1-15-5-7-19(8-6-15)30-21-20(28-23(30)27-18-4-2-3-16(24)13-18)14-25-22(29-21)26-17-9-11-31-12-10-17/h2-4,13-15,17,19H,5-12H2,1H3,(H,27,28)(H,25,26,29)/t15-,19+. The summed E-state index contributed by atoms with van der Waals surface area (Å²) >= 11 is 6.20. The van der Waals surface area contributed by atoms with Crippen molar-refractivity contribution >= 4 is 40.3 Å². The molecule has 31 heavy (non-hydrogen) atoms. The van der Waals surface area contributed by atoms with Crippen LogP contribution in [0.5, 0.6) is 0 Å². The van der Waals surface area contributed by atoms with Gasteiger partial charge in [0, 0.05) is 36.0 Å². The Kier molecular flexibility index (Phi) is 5.96. The van der Waals surface area contributed by atoms with Gasteiger partial charge in [0.05, 0.1) is 6.20 Å². The molecule has 5 rings (SSSR count). The lowest BCUT2D eigenvalue weighted by molar-refractivity contribution is 0.0903. The molecule has 7 nitrogen and oxygen atoms in total. The highest BCUT2D eigenvalue weighted by molar-refractivity contribution is 6.30. The Labute approximate surface area is 187 Å². The van der Waals surface area contributed by atoms with E-state index in [0.717, 1.165) is 67.6 Å². The Hall–Kier alpha value is -2.38. The number of nitrogens with one attached hydrogen (secondary N) is 2. The van der Waals surface area contributed by atoms with E-state index in [1.54, 1.807) is 0 Å².